The van der Waals surface area contributed by atoms with Crippen molar-refractivity contribution in [3.8, 4) is 0 Å². The Balaban J connectivity index is 3.44. The van der Waals surface area contributed by atoms with E-state index in [1.165, 1.54) is 0 Å². The Morgan fingerprint density at radius 2 is 1.30 bits per heavy atom. The molecule has 0 spiro atoms. The number of halogens is 7. The summed E-state index contributed by atoms with van der Waals surface area (Å²) in [4.78, 5) is -1.47. The van der Waals surface area contributed by atoms with Crippen molar-refractivity contribution in [3.05, 3.63) is 24.3 Å². The van der Waals surface area contributed by atoms with Gasteiger partial charge in [-0.05, 0) is 0 Å². The van der Waals surface area contributed by atoms with Gasteiger partial charge < -0.3 is 0 Å². The van der Waals surface area contributed by atoms with Crippen LogP contribution in [0.15, 0.2) is 29.2 Å². The molecular formula is C9H4CfF7O4S2. The first-order valence-electron chi connectivity index (χ1n) is 4.95. The Bertz CT molecular complexity index is 827. The van der Waals surface area contributed by atoms with E-state index in [4.69, 9.17) is 0 Å². The van der Waals surface area contributed by atoms with Gasteiger partial charge in [-0.2, -0.15) is 0 Å². The van der Waals surface area contributed by atoms with E-state index in [-0.39, 0.29) is 6.07 Å². The molecular weight excluding hydrogens is 620 g/mol. The predicted molar refractivity (Wildman–Crippen MR) is 60.4 cm³/mol. The van der Waals surface area contributed by atoms with Crippen LogP contribution >= 0.6 is 0 Å². The second kappa shape index (κ2) is 5.30. The summed E-state index contributed by atoms with van der Waals surface area (Å²) >= 11 is 0. The van der Waals surface area contributed by atoms with Crippen molar-refractivity contribution in [2.45, 2.75) is 15.4 Å². The SMILES string of the molecule is O=S(=O)(F)C(F)(F)C(F)(F)S(=O)(=O)c1cc[c]([Cf]=[C](F)F)cc1. The molecule has 0 amide bonds. The first-order chi connectivity index (χ1) is 10.1. The molecule has 135 valence electrons. The maximum absolute atomic E-state index is 13.4. The van der Waals surface area contributed by atoms with Crippen LogP contribution in [0.3, 0.4) is 0 Å². The van der Waals surface area contributed by atoms with Crippen LogP contribution in [0.2, 0.25) is 0 Å². The van der Waals surface area contributed by atoms with Crippen molar-refractivity contribution in [3.63, 3.8) is 0 Å². The van der Waals surface area contributed by atoms with Crippen LogP contribution in [-0.4, -0.2) is 34.3 Å². The quantitative estimate of drug-likeness (QED) is 0.370. The Kier molecular flexibility index (Phi) is 4.27. The van der Waals surface area contributed by atoms with E-state index in [1.54, 1.807) is 0 Å². The average Bonchev–Trinajstić information content (AvgIpc) is 2.36. The molecule has 0 aliphatic heterocycles. The van der Waals surface area contributed by atoms with Crippen LogP contribution in [0.5, 0.6) is 0 Å². The van der Waals surface area contributed by atoms with E-state index in [2.05, 4.69) is 0 Å². The Hall–Kier alpha value is -2.50. The number of rotatable bonds is 5. The summed E-state index contributed by atoms with van der Waals surface area (Å²) in [7, 11) is -13.5. The van der Waals surface area contributed by atoms with E-state index >= 15 is 0 Å². The molecule has 1 rings (SSSR count). The molecule has 0 atom stereocenters. The zero-order valence-corrected chi connectivity index (χ0v) is 14.5. The van der Waals surface area contributed by atoms with Crippen molar-refractivity contribution >= 4 is 33.1 Å². The van der Waals surface area contributed by atoms with Gasteiger partial charge in [0, 0.05) is 0 Å². The monoisotopic (exact) mass is 622 g/mol. The average molecular weight is 624 g/mol. The minimum absolute atomic E-state index is 0.0769. The second-order valence-corrected chi connectivity index (χ2v) is 10.2. The molecule has 0 aliphatic carbocycles. The summed E-state index contributed by atoms with van der Waals surface area (Å²) in [5.41, 5.74) is 0. The van der Waals surface area contributed by atoms with E-state index < -0.39 is 42.4 Å². The second-order valence-electron chi connectivity index (χ2n) is 3.66. The van der Waals surface area contributed by atoms with Crippen molar-refractivity contribution in [1.29, 1.82) is 0 Å². The van der Waals surface area contributed by atoms with Crippen LogP contribution in [-0.2, 0) is 20.1 Å². The van der Waals surface area contributed by atoms with Gasteiger partial charge in [0.2, 0.25) is 0 Å². The van der Waals surface area contributed by atoms with Crippen LogP contribution in [0.4, 0.5) is 30.2 Å². The van der Waals surface area contributed by atoms with E-state index in [0.29, 0.717) is 24.3 Å². The molecule has 0 heterocycles. The molecule has 1 aromatic rings. The number of hydrogen-bond donors (Lipinski definition) is 0. The molecule has 0 saturated heterocycles. The van der Waals surface area contributed by atoms with Gasteiger partial charge in [-0.3, -0.25) is 0 Å². The minimum atomic E-state index is -7.23. The third-order valence-electron chi connectivity index (χ3n) is 2.24. The Morgan fingerprint density at radius 1 is 0.870 bits per heavy atom. The van der Waals surface area contributed by atoms with Gasteiger partial charge >= 0.3 is 120 Å². The van der Waals surface area contributed by atoms with Crippen LogP contribution in [0.1, 0.15) is 0 Å². The number of hydrogen-bond acceptors (Lipinski definition) is 4. The van der Waals surface area contributed by atoms with Gasteiger partial charge in [-0.1, -0.05) is 0 Å². The van der Waals surface area contributed by atoms with Crippen molar-refractivity contribution in [2.24, 2.45) is 0 Å². The number of sulfone groups is 1. The third kappa shape index (κ3) is 3.02. The fourth-order valence-corrected chi connectivity index (χ4v) is 4.64. The predicted octanol–water partition coefficient (Wildman–Crippen LogP) is 1.68. The van der Waals surface area contributed by atoms with E-state index in [1.807, 2.05) is 0 Å². The van der Waals surface area contributed by atoms with Crippen molar-refractivity contribution in [2.75, 3.05) is 0 Å². The summed E-state index contributed by atoms with van der Waals surface area (Å²) in [5, 5.41) is -12.8. The maximum atomic E-state index is 13.4. The normalized spacial score (nSPS) is 13.5. The van der Waals surface area contributed by atoms with Gasteiger partial charge in [0.25, 0.3) is 0 Å². The molecule has 0 fully saturated rings. The van der Waals surface area contributed by atoms with Gasteiger partial charge in [-0.15, -0.1) is 0 Å². The molecule has 0 radical (unpaired) electrons. The van der Waals surface area contributed by atoms with Crippen molar-refractivity contribution < 1.29 is 47.1 Å². The van der Waals surface area contributed by atoms with Crippen LogP contribution in [0.25, 0.3) is 0 Å². The molecule has 1 aromatic carbocycles. The first kappa shape index (κ1) is 18.5. The fourth-order valence-electron chi connectivity index (χ4n) is 1.17. The zero-order chi connectivity index (χ0) is 18.3. The van der Waals surface area contributed by atoms with Gasteiger partial charge in [0.15, 0.2) is 0 Å². The zero-order valence-electron chi connectivity index (χ0n) is 10.2. The molecule has 0 aliphatic rings. The summed E-state index contributed by atoms with van der Waals surface area (Å²) in [6.45, 7) is -1.93. The summed E-state index contributed by atoms with van der Waals surface area (Å²) in [6.07, 6.45) is 0. The summed E-state index contributed by atoms with van der Waals surface area (Å²) in [5.74, 6) is 0. The molecule has 4 nitrogen and oxygen atoms in total. The number of benzene rings is 1. The Labute approximate surface area is 120 Å². The van der Waals surface area contributed by atoms with Crippen LogP contribution in [0, 0.1) is 0 Å². The van der Waals surface area contributed by atoms with E-state index in [0.717, 1.165) is 0 Å². The molecule has 0 bridgehead atoms. The molecule has 0 N–H and O–H groups in total. The Morgan fingerprint density at radius 3 is 1.65 bits per heavy atom. The van der Waals surface area contributed by atoms with Gasteiger partial charge in [0.1, 0.15) is 0 Å². The molecule has 0 unspecified atom stereocenters. The third-order valence-corrected chi connectivity index (χ3v) is 7.19. The topological polar surface area (TPSA) is 68.3 Å². The van der Waals surface area contributed by atoms with Crippen LogP contribution < -0.4 is 6.07 Å². The van der Waals surface area contributed by atoms with Gasteiger partial charge in [-0.25, -0.2) is 0 Å². The molecule has 14 heteroatoms. The summed E-state index contributed by atoms with van der Waals surface area (Å²) in [6, 6.07) is 1.98. The first-order valence-corrected chi connectivity index (χ1v) is 10.5. The van der Waals surface area contributed by atoms with Crippen molar-refractivity contribution in [1.82, 2.24) is 0 Å². The summed E-state index contributed by atoms with van der Waals surface area (Å²) < 4.78 is 130. The standard InChI is InChI=1S/C8H4F5O4S2.CF2.Cf/c9-7(10,8(11,12)19(13,16)17)18(14,15)6-4-2-1-3-5-6;2-1-3;/h2-5H;;. The van der Waals surface area contributed by atoms with E-state index in [9.17, 15) is 47.1 Å². The number of alkyl halides is 4. The fraction of sp³-hybridized carbons (Fsp3) is 0.222. The molecule has 0 aromatic heterocycles. The molecule has 0 saturated carbocycles. The van der Waals surface area contributed by atoms with Gasteiger partial charge in [0.05, 0.1) is 0 Å². The molecule has 23 heavy (non-hydrogen) atoms.